The first-order chi connectivity index (χ1) is 11.1. The van der Waals surface area contributed by atoms with Crippen LogP contribution in [0.4, 0.5) is 0 Å². The topological polar surface area (TPSA) is 52.6 Å². The molecule has 0 unspecified atom stereocenters. The molecule has 0 aliphatic heterocycles. The summed E-state index contributed by atoms with van der Waals surface area (Å²) in [6.45, 7) is 3.98. The summed E-state index contributed by atoms with van der Waals surface area (Å²) in [5, 5.41) is 0. The van der Waals surface area contributed by atoms with E-state index in [0.717, 1.165) is 12.8 Å². The van der Waals surface area contributed by atoms with Crippen molar-refractivity contribution in [3.8, 4) is 11.5 Å². The Balaban J connectivity index is 1.97. The lowest BCUT2D eigenvalue weighted by atomic mass is 10.2. The fourth-order valence-corrected chi connectivity index (χ4v) is 2.00. The van der Waals surface area contributed by atoms with Crippen LogP contribution in [0.25, 0.3) is 0 Å². The monoisotopic (exact) mass is 312 g/mol. The summed E-state index contributed by atoms with van der Waals surface area (Å²) in [5.41, 5.74) is 1.59. The molecule has 0 spiro atoms. The predicted octanol–water partition coefficient (Wildman–Crippen LogP) is 4.17. The third-order valence-corrected chi connectivity index (χ3v) is 3.32. The Morgan fingerprint density at radius 1 is 0.826 bits per heavy atom. The van der Waals surface area contributed by atoms with Crippen molar-refractivity contribution < 1.29 is 19.1 Å². The van der Waals surface area contributed by atoms with Gasteiger partial charge in [0.2, 0.25) is 0 Å². The molecule has 0 heterocycles. The van der Waals surface area contributed by atoms with Crippen LogP contribution in [0.15, 0.2) is 48.5 Å². The SMILES string of the molecule is CCCC(=O)Oc1ccc(C(=O)Oc2ccc(CC)cc2)cc1. The highest BCUT2D eigenvalue weighted by Crippen LogP contribution is 2.17. The molecule has 0 radical (unpaired) electrons. The lowest BCUT2D eigenvalue weighted by Crippen LogP contribution is -2.09. The summed E-state index contributed by atoms with van der Waals surface area (Å²) in [4.78, 5) is 23.5. The molecule has 23 heavy (non-hydrogen) atoms. The minimum absolute atomic E-state index is 0.279. The van der Waals surface area contributed by atoms with Crippen LogP contribution >= 0.6 is 0 Å². The van der Waals surface area contributed by atoms with Crippen molar-refractivity contribution in [1.82, 2.24) is 0 Å². The van der Waals surface area contributed by atoms with Gasteiger partial charge >= 0.3 is 11.9 Å². The lowest BCUT2D eigenvalue weighted by molar-refractivity contribution is -0.134. The van der Waals surface area contributed by atoms with Crippen molar-refractivity contribution in [3.05, 3.63) is 59.7 Å². The quantitative estimate of drug-likeness (QED) is 0.593. The van der Waals surface area contributed by atoms with E-state index in [-0.39, 0.29) is 5.97 Å². The average molecular weight is 312 g/mol. The fourth-order valence-electron chi connectivity index (χ4n) is 2.00. The molecular weight excluding hydrogens is 292 g/mol. The van der Waals surface area contributed by atoms with Crippen LogP contribution in [-0.2, 0) is 11.2 Å². The number of esters is 2. The van der Waals surface area contributed by atoms with Crippen LogP contribution in [0, 0.1) is 0 Å². The summed E-state index contributed by atoms with van der Waals surface area (Å²) < 4.78 is 10.5. The Morgan fingerprint density at radius 2 is 1.39 bits per heavy atom. The Morgan fingerprint density at radius 3 is 1.96 bits per heavy atom. The molecule has 0 N–H and O–H groups in total. The molecule has 0 atom stereocenters. The van der Waals surface area contributed by atoms with E-state index in [0.29, 0.717) is 23.5 Å². The van der Waals surface area contributed by atoms with Crippen molar-refractivity contribution in [2.75, 3.05) is 0 Å². The molecule has 2 aromatic carbocycles. The highest BCUT2D eigenvalue weighted by Gasteiger charge is 2.10. The lowest BCUT2D eigenvalue weighted by Gasteiger charge is -2.06. The Hall–Kier alpha value is -2.62. The molecule has 0 saturated carbocycles. The molecular formula is C19H20O4. The number of hydrogen-bond donors (Lipinski definition) is 0. The average Bonchev–Trinajstić information content (AvgIpc) is 2.56. The van der Waals surface area contributed by atoms with Crippen molar-refractivity contribution in [2.45, 2.75) is 33.1 Å². The van der Waals surface area contributed by atoms with Gasteiger partial charge in [0.15, 0.2) is 0 Å². The highest BCUT2D eigenvalue weighted by molar-refractivity contribution is 5.91. The predicted molar refractivity (Wildman–Crippen MR) is 87.8 cm³/mol. The number of aryl methyl sites for hydroxylation is 1. The van der Waals surface area contributed by atoms with E-state index in [1.807, 2.05) is 19.1 Å². The number of hydrogen-bond acceptors (Lipinski definition) is 4. The van der Waals surface area contributed by atoms with Crippen molar-refractivity contribution in [2.24, 2.45) is 0 Å². The molecule has 0 saturated heterocycles. The summed E-state index contributed by atoms with van der Waals surface area (Å²) >= 11 is 0. The van der Waals surface area contributed by atoms with Crippen LogP contribution in [0.1, 0.15) is 42.6 Å². The first-order valence-electron chi connectivity index (χ1n) is 7.74. The van der Waals surface area contributed by atoms with E-state index in [1.54, 1.807) is 36.4 Å². The van der Waals surface area contributed by atoms with E-state index >= 15 is 0 Å². The molecule has 2 rings (SSSR count). The second-order valence-corrected chi connectivity index (χ2v) is 5.14. The van der Waals surface area contributed by atoms with E-state index in [4.69, 9.17) is 9.47 Å². The standard InChI is InChI=1S/C19H20O4/c1-3-5-18(20)22-16-12-8-15(9-13-16)19(21)23-17-10-6-14(4-2)7-11-17/h6-13H,3-5H2,1-2H3. The zero-order chi connectivity index (χ0) is 16.7. The zero-order valence-electron chi connectivity index (χ0n) is 13.4. The van der Waals surface area contributed by atoms with Gasteiger partial charge in [-0.25, -0.2) is 4.79 Å². The third kappa shape index (κ3) is 4.95. The van der Waals surface area contributed by atoms with E-state index < -0.39 is 5.97 Å². The van der Waals surface area contributed by atoms with Gasteiger partial charge in [-0.15, -0.1) is 0 Å². The fraction of sp³-hybridized carbons (Fsp3) is 0.263. The van der Waals surface area contributed by atoms with Gasteiger partial charge in [0.25, 0.3) is 0 Å². The molecule has 2 aromatic rings. The van der Waals surface area contributed by atoms with E-state index in [2.05, 4.69) is 6.92 Å². The van der Waals surface area contributed by atoms with Crippen molar-refractivity contribution >= 4 is 11.9 Å². The van der Waals surface area contributed by atoms with Gasteiger partial charge in [0.05, 0.1) is 5.56 Å². The van der Waals surface area contributed by atoms with Gasteiger partial charge in [-0.05, 0) is 54.8 Å². The molecule has 4 nitrogen and oxygen atoms in total. The molecule has 4 heteroatoms. The first kappa shape index (κ1) is 16.7. The van der Waals surface area contributed by atoms with E-state index in [1.165, 1.54) is 5.56 Å². The summed E-state index contributed by atoms with van der Waals surface area (Å²) in [6, 6.07) is 13.7. The number of ether oxygens (including phenoxy) is 2. The Bertz CT molecular complexity index is 657. The molecule has 0 aromatic heterocycles. The van der Waals surface area contributed by atoms with Gasteiger partial charge in [-0.1, -0.05) is 26.0 Å². The maximum atomic E-state index is 12.1. The van der Waals surface area contributed by atoms with Crippen LogP contribution in [0.3, 0.4) is 0 Å². The second kappa shape index (κ2) is 8.13. The molecule has 0 aliphatic carbocycles. The van der Waals surface area contributed by atoms with Crippen LogP contribution in [0.2, 0.25) is 0 Å². The van der Waals surface area contributed by atoms with Gasteiger partial charge in [0, 0.05) is 6.42 Å². The van der Waals surface area contributed by atoms with E-state index in [9.17, 15) is 9.59 Å². The maximum Gasteiger partial charge on any atom is 0.343 e. The van der Waals surface area contributed by atoms with Crippen LogP contribution < -0.4 is 9.47 Å². The van der Waals surface area contributed by atoms with Crippen molar-refractivity contribution in [3.63, 3.8) is 0 Å². The first-order valence-corrected chi connectivity index (χ1v) is 7.74. The smallest absolute Gasteiger partial charge is 0.343 e. The number of carbonyl (C=O) groups is 2. The molecule has 0 amide bonds. The second-order valence-electron chi connectivity index (χ2n) is 5.14. The van der Waals surface area contributed by atoms with Gasteiger partial charge in [-0.2, -0.15) is 0 Å². The molecule has 0 fully saturated rings. The van der Waals surface area contributed by atoms with Crippen molar-refractivity contribution in [1.29, 1.82) is 0 Å². The van der Waals surface area contributed by atoms with Gasteiger partial charge < -0.3 is 9.47 Å². The maximum absolute atomic E-state index is 12.1. The number of benzene rings is 2. The Labute approximate surface area is 136 Å². The summed E-state index contributed by atoms with van der Waals surface area (Å²) in [7, 11) is 0. The summed E-state index contributed by atoms with van der Waals surface area (Å²) in [6.07, 6.45) is 2.05. The van der Waals surface area contributed by atoms with Crippen LogP contribution in [0.5, 0.6) is 11.5 Å². The van der Waals surface area contributed by atoms with Gasteiger partial charge in [-0.3, -0.25) is 4.79 Å². The number of rotatable bonds is 6. The third-order valence-electron chi connectivity index (χ3n) is 3.32. The zero-order valence-corrected chi connectivity index (χ0v) is 13.4. The minimum Gasteiger partial charge on any atom is -0.427 e. The molecule has 0 aliphatic rings. The number of carbonyl (C=O) groups excluding carboxylic acids is 2. The normalized spacial score (nSPS) is 10.2. The van der Waals surface area contributed by atoms with Crippen LogP contribution in [-0.4, -0.2) is 11.9 Å². The summed E-state index contributed by atoms with van der Waals surface area (Å²) in [5.74, 6) is 0.206. The molecule has 120 valence electrons. The minimum atomic E-state index is -0.444. The highest BCUT2D eigenvalue weighted by atomic mass is 16.5. The largest absolute Gasteiger partial charge is 0.427 e. The van der Waals surface area contributed by atoms with Gasteiger partial charge in [0.1, 0.15) is 11.5 Å². The molecule has 0 bridgehead atoms. The Kier molecular flexibility index (Phi) is 5.92.